The number of nitrogen functional groups attached to an aromatic ring is 1. The SMILES string of the molecule is Cc1cc(C)c(N)c(C(F)(F)C(F)(F)C(F)(F)C(F)(F)C(F)(F)F)c1. The highest BCUT2D eigenvalue weighted by atomic mass is 19.4. The number of hydrogen-bond acceptors (Lipinski definition) is 1. The minimum Gasteiger partial charge on any atom is -0.398 e. The number of nitrogens with two attached hydrogens (primary N) is 1. The molecule has 0 amide bonds. The molecule has 0 fully saturated rings. The summed E-state index contributed by atoms with van der Waals surface area (Å²) in [5.41, 5.74) is 1.53. The molecule has 0 bridgehead atoms. The molecule has 0 aliphatic rings. The van der Waals surface area contributed by atoms with Crippen LogP contribution in [0.2, 0.25) is 0 Å². The van der Waals surface area contributed by atoms with E-state index in [1.807, 2.05) is 0 Å². The van der Waals surface area contributed by atoms with Crippen molar-refractivity contribution in [2.45, 2.75) is 43.7 Å². The maximum atomic E-state index is 14.0. The second-order valence-electron chi connectivity index (χ2n) is 5.34. The van der Waals surface area contributed by atoms with Crippen molar-refractivity contribution < 1.29 is 48.3 Å². The lowest BCUT2D eigenvalue weighted by atomic mass is 9.90. The standard InChI is InChI=1S/C13H10F11N/c1-5-3-6(2)8(25)7(4-5)9(14,15)10(16,17)11(18,19)12(20,21)13(22,23)24/h3-4H,25H2,1-2H3. The van der Waals surface area contributed by atoms with Crippen LogP contribution in [0.25, 0.3) is 0 Å². The van der Waals surface area contributed by atoms with Gasteiger partial charge in [0.05, 0.1) is 5.56 Å². The molecule has 0 atom stereocenters. The van der Waals surface area contributed by atoms with Crippen LogP contribution in [0.4, 0.5) is 54.0 Å². The van der Waals surface area contributed by atoms with Gasteiger partial charge < -0.3 is 5.73 Å². The molecule has 0 unspecified atom stereocenters. The van der Waals surface area contributed by atoms with E-state index < -0.39 is 41.1 Å². The molecule has 12 heteroatoms. The summed E-state index contributed by atoms with van der Waals surface area (Å²) in [5.74, 6) is -28.1. The lowest BCUT2D eigenvalue weighted by Gasteiger charge is -2.37. The van der Waals surface area contributed by atoms with Gasteiger partial charge in [0.2, 0.25) is 0 Å². The monoisotopic (exact) mass is 389 g/mol. The van der Waals surface area contributed by atoms with Crippen LogP contribution in [0.15, 0.2) is 12.1 Å². The quantitative estimate of drug-likeness (QED) is 0.538. The highest BCUT2D eigenvalue weighted by Crippen LogP contribution is 2.60. The topological polar surface area (TPSA) is 26.0 Å². The molecule has 2 N–H and O–H groups in total. The molecule has 1 aromatic carbocycles. The van der Waals surface area contributed by atoms with Gasteiger partial charge in [-0.15, -0.1) is 0 Å². The van der Waals surface area contributed by atoms with Gasteiger partial charge in [0.25, 0.3) is 0 Å². The third-order valence-electron chi connectivity index (χ3n) is 3.41. The summed E-state index contributed by atoms with van der Waals surface area (Å²) in [6.45, 7) is 2.11. The van der Waals surface area contributed by atoms with Gasteiger partial charge in [-0.2, -0.15) is 48.3 Å². The Morgan fingerprint density at radius 1 is 0.680 bits per heavy atom. The average molecular weight is 389 g/mol. The molecule has 0 heterocycles. The Labute approximate surface area is 133 Å². The third kappa shape index (κ3) is 2.88. The van der Waals surface area contributed by atoms with Crippen LogP contribution < -0.4 is 5.73 Å². The lowest BCUT2D eigenvalue weighted by Crippen LogP contribution is -2.65. The zero-order valence-corrected chi connectivity index (χ0v) is 12.4. The Bertz CT molecular complexity index is 661. The van der Waals surface area contributed by atoms with Crippen molar-refractivity contribution in [1.82, 2.24) is 0 Å². The van der Waals surface area contributed by atoms with Gasteiger partial charge in [0.1, 0.15) is 0 Å². The van der Waals surface area contributed by atoms with Crippen molar-refractivity contribution in [2.75, 3.05) is 5.73 Å². The molecule has 0 aromatic heterocycles. The van der Waals surface area contributed by atoms with E-state index in [9.17, 15) is 48.3 Å². The normalized spacial score (nSPS) is 14.8. The Morgan fingerprint density at radius 3 is 1.52 bits per heavy atom. The molecule has 0 saturated heterocycles. The predicted molar refractivity (Wildman–Crippen MR) is 65.1 cm³/mol. The largest absolute Gasteiger partial charge is 0.460 e. The number of alkyl halides is 11. The molecule has 25 heavy (non-hydrogen) atoms. The minimum atomic E-state index is -7.45. The molecule has 0 saturated carbocycles. The van der Waals surface area contributed by atoms with Crippen molar-refractivity contribution in [3.8, 4) is 0 Å². The summed E-state index contributed by atoms with van der Waals surface area (Å²) < 4.78 is 143. The minimum absolute atomic E-state index is 0.178. The van der Waals surface area contributed by atoms with Gasteiger partial charge in [-0.3, -0.25) is 0 Å². The number of hydrogen-bond donors (Lipinski definition) is 1. The summed E-state index contributed by atoms with van der Waals surface area (Å²) in [6.07, 6.45) is -7.19. The Morgan fingerprint density at radius 2 is 1.12 bits per heavy atom. The third-order valence-corrected chi connectivity index (χ3v) is 3.41. The van der Waals surface area contributed by atoms with E-state index in [-0.39, 0.29) is 17.2 Å². The number of rotatable bonds is 4. The van der Waals surface area contributed by atoms with E-state index in [2.05, 4.69) is 0 Å². The fraction of sp³-hybridized carbons (Fsp3) is 0.538. The second-order valence-corrected chi connectivity index (χ2v) is 5.34. The van der Waals surface area contributed by atoms with E-state index in [0.29, 0.717) is 0 Å². The number of halogens is 11. The number of aryl methyl sites for hydroxylation is 2. The molecule has 1 aromatic rings. The van der Waals surface area contributed by atoms with Crippen molar-refractivity contribution in [2.24, 2.45) is 0 Å². The highest BCUT2D eigenvalue weighted by Gasteiger charge is 2.87. The van der Waals surface area contributed by atoms with Gasteiger partial charge in [-0.25, -0.2) is 0 Å². The smallest absolute Gasteiger partial charge is 0.398 e. The van der Waals surface area contributed by atoms with Crippen molar-refractivity contribution >= 4 is 5.69 Å². The highest BCUT2D eigenvalue weighted by molar-refractivity contribution is 5.57. The van der Waals surface area contributed by atoms with E-state index in [1.165, 1.54) is 0 Å². The zero-order valence-electron chi connectivity index (χ0n) is 12.4. The summed E-state index contributed by atoms with van der Waals surface area (Å²) in [4.78, 5) is 0. The maximum Gasteiger partial charge on any atom is 0.460 e. The molecule has 0 aliphatic heterocycles. The van der Waals surface area contributed by atoms with Gasteiger partial charge in [0, 0.05) is 5.69 Å². The van der Waals surface area contributed by atoms with Crippen LogP contribution in [-0.4, -0.2) is 23.9 Å². The van der Waals surface area contributed by atoms with Crippen LogP contribution in [0.1, 0.15) is 16.7 Å². The molecule has 0 aliphatic carbocycles. The van der Waals surface area contributed by atoms with Gasteiger partial charge in [-0.1, -0.05) is 11.6 Å². The summed E-state index contributed by atoms with van der Waals surface area (Å²) >= 11 is 0. The fourth-order valence-electron chi connectivity index (χ4n) is 1.98. The summed E-state index contributed by atoms with van der Waals surface area (Å²) in [5, 5.41) is 0. The molecule has 1 nitrogen and oxygen atoms in total. The number of benzene rings is 1. The van der Waals surface area contributed by atoms with Gasteiger partial charge in [0.15, 0.2) is 0 Å². The first-order chi connectivity index (χ1) is 10.8. The Kier molecular flexibility index (Phi) is 4.79. The van der Waals surface area contributed by atoms with Gasteiger partial charge in [-0.05, 0) is 25.5 Å². The second kappa shape index (κ2) is 5.63. The van der Waals surface area contributed by atoms with E-state index in [4.69, 9.17) is 5.73 Å². The van der Waals surface area contributed by atoms with Crippen LogP contribution in [0.5, 0.6) is 0 Å². The molecule has 144 valence electrons. The fourth-order valence-corrected chi connectivity index (χ4v) is 1.98. The van der Waals surface area contributed by atoms with Gasteiger partial charge >= 0.3 is 29.9 Å². The molecule has 0 spiro atoms. The first-order valence-corrected chi connectivity index (χ1v) is 6.27. The van der Waals surface area contributed by atoms with E-state index >= 15 is 0 Å². The zero-order chi connectivity index (χ0) is 20.2. The number of anilines is 1. The van der Waals surface area contributed by atoms with Crippen LogP contribution in [0, 0.1) is 13.8 Å². The van der Waals surface area contributed by atoms with Crippen LogP contribution in [-0.2, 0) is 5.92 Å². The molecular formula is C13H10F11N. The molecule has 1 rings (SSSR count). The maximum absolute atomic E-state index is 14.0. The van der Waals surface area contributed by atoms with Crippen LogP contribution >= 0.6 is 0 Å². The average Bonchev–Trinajstić information content (AvgIpc) is 2.40. The molecule has 0 radical (unpaired) electrons. The van der Waals surface area contributed by atoms with Crippen molar-refractivity contribution in [3.05, 3.63) is 28.8 Å². The first-order valence-electron chi connectivity index (χ1n) is 6.27. The Balaban J connectivity index is 3.66. The molecular weight excluding hydrogens is 379 g/mol. The first kappa shape index (κ1) is 21.3. The van der Waals surface area contributed by atoms with Crippen molar-refractivity contribution in [1.29, 1.82) is 0 Å². The summed E-state index contributed by atoms with van der Waals surface area (Å²) in [7, 11) is 0. The van der Waals surface area contributed by atoms with Crippen molar-refractivity contribution in [3.63, 3.8) is 0 Å². The Hall–Kier alpha value is -1.75. The van der Waals surface area contributed by atoms with E-state index in [0.717, 1.165) is 19.9 Å². The van der Waals surface area contributed by atoms with Crippen LogP contribution in [0.3, 0.4) is 0 Å². The van der Waals surface area contributed by atoms with E-state index in [1.54, 1.807) is 0 Å². The lowest BCUT2D eigenvalue weighted by molar-refractivity contribution is -0.424. The summed E-state index contributed by atoms with van der Waals surface area (Å²) in [6, 6.07) is 1.30. The predicted octanol–water partition coefficient (Wildman–Crippen LogP) is 5.45.